The Hall–Kier alpha value is -3.39. The first-order chi connectivity index (χ1) is 15.1. The Kier molecular flexibility index (Phi) is 6.18. The van der Waals surface area contributed by atoms with Crippen LogP contribution in [0.15, 0.2) is 53.7 Å². The summed E-state index contributed by atoms with van der Waals surface area (Å²) in [4.78, 5) is 27.7. The summed E-state index contributed by atoms with van der Waals surface area (Å²) in [5, 5.41) is 11.7. The Bertz CT molecular complexity index is 1110. The highest BCUT2D eigenvalue weighted by Crippen LogP contribution is 2.23. The lowest BCUT2D eigenvalue weighted by Crippen LogP contribution is -2.47. The Labute approximate surface area is 181 Å². The number of nitrogens with one attached hydrogen (secondary N) is 2. The normalized spacial score (nSPS) is 16.3. The summed E-state index contributed by atoms with van der Waals surface area (Å²) in [6.07, 6.45) is 4.86. The van der Waals surface area contributed by atoms with Gasteiger partial charge in [0.15, 0.2) is 0 Å². The molecule has 0 bridgehead atoms. The minimum Gasteiger partial charge on any atom is -0.339 e. The third-order valence-corrected chi connectivity index (χ3v) is 5.58. The van der Waals surface area contributed by atoms with E-state index in [0.717, 1.165) is 37.1 Å². The van der Waals surface area contributed by atoms with Crippen LogP contribution in [-0.2, 0) is 7.05 Å². The molecule has 0 aliphatic carbocycles. The van der Waals surface area contributed by atoms with E-state index in [0.29, 0.717) is 29.6 Å². The quantitative estimate of drug-likeness (QED) is 0.598. The average Bonchev–Trinajstić information content (AvgIpc) is 2.81. The van der Waals surface area contributed by atoms with Crippen LogP contribution in [-0.4, -0.2) is 44.9 Å². The summed E-state index contributed by atoms with van der Waals surface area (Å²) in [5.74, 6) is 0.633. The first-order valence-electron chi connectivity index (χ1n) is 10.6. The monoisotopic (exact) mass is 417 g/mol. The molecule has 1 aromatic carbocycles. The van der Waals surface area contributed by atoms with E-state index in [9.17, 15) is 4.79 Å². The first-order valence-corrected chi connectivity index (χ1v) is 10.6. The minimum absolute atomic E-state index is 0.114. The van der Waals surface area contributed by atoms with Crippen LogP contribution in [0.4, 0.5) is 5.95 Å². The highest BCUT2D eigenvalue weighted by atomic mass is 16.1. The van der Waals surface area contributed by atoms with Gasteiger partial charge >= 0.3 is 0 Å². The molecule has 1 unspecified atom stereocenters. The molecule has 3 heterocycles. The van der Waals surface area contributed by atoms with Crippen LogP contribution in [0.3, 0.4) is 0 Å². The van der Waals surface area contributed by atoms with Gasteiger partial charge in [0.1, 0.15) is 6.33 Å². The summed E-state index contributed by atoms with van der Waals surface area (Å²) in [5.41, 5.74) is 3.87. The van der Waals surface area contributed by atoms with Gasteiger partial charge in [-0.15, -0.1) is 0 Å². The molecule has 1 aliphatic rings. The number of aromatic nitrogens is 4. The molecular weight excluding hydrogens is 390 g/mol. The van der Waals surface area contributed by atoms with Gasteiger partial charge in [0.05, 0.1) is 11.4 Å². The molecule has 8 nitrogen and oxygen atoms in total. The fourth-order valence-corrected chi connectivity index (χ4v) is 3.85. The highest BCUT2D eigenvalue weighted by molar-refractivity contribution is 5.98. The lowest BCUT2D eigenvalue weighted by molar-refractivity contribution is 0.462. The number of hydrogen-bond donors (Lipinski definition) is 2. The lowest BCUT2D eigenvalue weighted by Gasteiger charge is -2.35. The van der Waals surface area contributed by atoms with Gasteiger partial charge in [-0.2, -0.15) is 0 Å². The van der Waals surface area contributed by atoms with E-state index < -0.39 is 0 Å². The molecule has 2 N–H and O–H groups in total. The van der Waals surface area contributed by atoms with Crippen LogP contribution in [0.2, 0.25) is 0 Å². The third kappa shape index (κ3) is 4.54. The molecule has 8 heteroatoms. The summed E-state index contributed by atoms with van der Waals surface area (Å²) < 4.78 is 1.59. The Morgan fingerprint density at radius 2 is 2.03 bits per heavy atom. The molecule has 1 aliphatic heterocycles. The van der Waals surface area contributed by atoms with Crippen molar-refractivity contribution in [2.24, 2.45) is 7.05 Å². The van der Waals surface area contributed by atoms with Gasteiger partial charge in [-0.05, 0) is 23.6 Å². The fraction of sp³-hybridized carbons (Fsp3) is 0.348. The van der Waals surface area contributed by atoms with Gasteiger partial charge in [0.25, 0.3) is 5.56 Å². The smallest absolute Gasteiger partial charge is 0.255 e. The third-order valence-electron chi connectivity index (χ3n) is 5.58. The number of rotatable bonds is 6. The second-order valence-corrected chi connectivity index (χ2v) is 7.74. The van der Waals surface area contributed by atoms with Crippen molar-refractivity contribution in [3.63, 3.8) is 0 Å². The summed E-state index contributed by atoms with van der Waals surface area (Å²) >= 11 is 0. The average molecular weight is 418 g/mol. The molecule has 1 atom stereocenters. The number of piperazine rings is 1. The van der Waals surface area contributed by atoms with Crippen molar-refractivity contribution in [2.75, 3.05) is 24.5 Å². The molecule has 0 amide bonds. The molecule has 4 rings (SSSR count). The van der Waals surface area contributed by atoms with Gasteiger partial charge in [0, 0.05) is 50.7 Å². The zero-order valence-corrected chi connectivity index (χ0v) is 17.9. The molecule has 160 valence electrons. The van der Waals surface area contributed by atoms with Gasteiger partial charge in [-0.25, -0.2) is 15.0 Å². The number of benzene rings is 1. The Morgan fingerprint density at radius 1 is 1.23 bits per heavy atom. The zero-order valence-electron chi connectivity index (χ0n) is 17.9. The SMILES string of the molecule is CCCC(=N)c1ccc(C2CN(c3nc(-c4ccncn4)cc(=O)n3C)CCN2)cc1. The van der Waals surface area contributed by atoms with Crippen LogP contribution < -0.4 is 15.8 Å². The number of anilines is 1. The maximum atomic E-state index is 12.6. The van der Waals surface area contributed by atoms with Crippen molar-refractivity contribution in [1.82, 2.24) is 24.8 Å². The summed E-state index contributed by atoms with van der Waals surface area (Å²) in [6.45, 7) is 4.32. The predicted octanol–water partition coefficient (Wildman–Crippen LogP) is 2.56. The molecule has 3 aromatic rings. The van der Waals surface area contributed by atoms with Crippen LogP contribution >= 0.6 is 0 Å². The van der Waals surface area contributed by atoms with E-state index in [1.165, 1.54) is 12.4 Å². The lowest BCUT2D eigenvalue weighted by atomic mass is 10.00. The van der Waals surface area contributed by atoms with Crippen LogP contribution in [0.5, 0.6) is 0 Å². The Balaban J connectivity index is 1.58. The molecule has 0 saturated carbocycles. The molecule has 0 radical (unpaired) electrons. The molecule has 1 fully saturated rings. The first kappa shape index (κ1) is 20.9. The van der Waals surface area contributed by atoms with Crippen molar-refractivity contribution in [1.29, 1.82) is 5.41 Å². The molecule has 2 aromatic heterocycles. The van der Waals surface area contributed by atoms with Crippen molar-refractivity contribution in [2.45, 2.75) is 25.8 Å². The van der Waals surface area contributed by atoms with E-state index in [4.69, 9.17) is 10.4 Å². The number of nitrogens with zero attached hydrogens (tertiary/aromatic N) is 5. The Morgan fingerprint density at radius 3 is 2.74 bits per heavy atom. The number of hydrogen-bond acceptors (Lipinski definition) is 7. The van der Waals surface area contributed by atoms with Crippen molar-refractivity contribution in [3.05, 3.63) is 70.4 Å². The molecule has 0 spiro atoms. The molecule has 31 heavy (non-hydrogen) atoms. The highest BCUT2D eigenvalue weighted by Gasteiger charge is 2.24. The van der Waals surface area contributed by atoms with Gasteiger partial charge in [-0.3, -0.25) is 9.36 Å². The largest absolute Gasteiger partial charge is 0.339 e. The van der Waals surface area contributed by atoms with Crippen molar-refractivity contribution >= 4 is 11.7 Å². The van der Waals surface area contributed by atoms with E-state index in [1.54, 1.807) is 23.9 Å². The molecular formula is C23H27N7O. The summed E-state index contributed by atoms with van der Waals surface area (Å²) in [7, 11) is 1.75. The summed E-state index contributed by atoms with van der Waals surface area (Å²) in [6, 6.07) is 11.6. The van der Waals surface area contributed by atoms with E-state index in [-0.39, 0.29) is 11.6 Å². The zero-order chi connectivity index (χ0) is 21.8. The fourth-order valence-electron chi connectivity index (χ4n) is 3.85. The topological polar surface area (TPSA) is 99.8 Å². The maximum Gasteiger partial charge on any atom is 0.255 e. The van der Waals surface area contributed by atoms with E-state index >= 15 is 0 Å². The second-order valence-electron chi connectivity index (χ2n) is 7.74. The van der Waals surface area contributed by atoms with Crippen LogP contribution in [0, 0.1) is 5.41 Å². The molecule has 1 saturated heterocycles. The van der Waals surface area contributed by atoms with E-state index in [2.05, 4.69) is 39.2 Å². The predicted molar refractivity (Wildman–Crippen MR) is 122 cm³/mol. The van der Waals surface area contributed by atoms with Crippen LogP contribution in [0.1, 0.15) is 36.9 Å². The van der Waals surface area contributed by atoms with E-state index in [1.807, 2.05) is 12.1 Å². The maximum absolute atomic E-state index is 12.6. The van der Waals surface area contributed by atoms with Crippen LogP contribution in [0.25, 0.3) is 11.4 Å². The van der Waals surface area contributed by atoms with Gasteiger partial charge < -0.3 is 15.6 Å². The van der Waals surface area contributed by atoms with Gasteiger partial charge in [0.2, 0.25) is 5.95 Å². The second kappa shape index (κ2) is 9.18. The standard InChI is InChI=1S/C23H27N7O/c1-3-4-18(24)16-5-7-17(8-6-16)21-14-30(12-11-26-21)23-28-20(13-22(31)29(23)2)19-9-10-25-15-27-19/h5-10,13,15,21,24,26H,3-4,11-12,14H2,1-2H3. The van der Waals surface area contributed by atoms with Crippen molar-refractivity contribution < 1.29 is 0 Å². The van der Waals surface area contributed by atoms with Gasteiger partial charge in [-0.1, -0.05) is 37.6 Å². The minimum atomic E-state index is -0.118. The van der Waals surface area contributed by atoms with Crippen molar-refractivity contribution in [3.8, 4) is 11.4 Å².